The Kier molecular flexibility index (Phi) is 4.05. The molecular formula is C12H17N3O5. The Morgan fingerprint density at radius 2 is 2.20 bits per heavy atom. The second-order valence-electron chi connectivity index (χ2n) is 4.90. The number of aliphatic hydroxyl groups is 1. The predicted molar refractivity (Wildman–Crippen MR) is 69.4 cm³/mol. The third kappa shape index (κ3) is 2.66. The van der Waals surface area contributed by atoms with Crippen molar-refractivity contribution in [1.82, 2.24) is 9.88 Å². The van der Waals surface area contributed by atoms with Crippen LogP contribution in [0.2, 0.25) is 0 Å². The van der Waals surface area contributed by atoms with Gasteiger partial charge in [0.25, 0.3) is 5.91 Å². The molecule has 1 aromatic rings. The van der Waals surface area contributed by atoms with E-state index in [0.29, 0.717) is 26.1 Å². The molecule has 1 aliphatic rings. The summed E-state index contributed by atoms with van der Waals surface area (Å²) in [5, 5.41) is 23.1. The van der Waals surface area contributed by atoms with E-state index in [9.17, 15) is 20.0 Å². The molecule has 0 aromatic carbocycles. The predicted octanol–water partition coefficient (Wildman–Crippen LogP) is 0.205. The molecule has 8 heteroatoms. The Morgan fingerprint density at radius 1 is 1.55 bits per heavy atom. The zero-order valence-electron chi connectivity index (χ0n) is 11.2. The minimum atomic E-state index is -0.714. The van der Waals surface area contributed by atoms with Crippen molar-refractivity contribution in [1.29, 1.82) is 0 Å². The average Bonchev–Trinajstić information content (AvgIpc) is 2.82. The summed E-state index contributed by atoms with van der Waals surface area (Å²) in [6.07, 6.45) is 1.03. The van der Waals surface area contributed by atoms with Crippen LogP contribution in [0.4, 0.5) is 5.82 Å². The first kappa shape index (κ1) is 14.5. The lowest BCUT2D eigenvalue weighted by Crippen LogP contribution is -2.54. The van der Waals surface area contributed by atoms with Gasteiger partial charge in [-0.05, 0) is 23.8 Å². The molecule has 0 atom stereocenters. The second-order valence-corrected chi connectivity index (χ2v) is 4.90. The van der Waals surface area contributed by atoms with E-state index in [1.54, 1.807) is 0 Å². The van der Waals surface area contributed by atoms with Crippen LogP contribution in [0.1, 0.15) is 23.3 Å². The number of hydrogen-bond donors (Lipinski definition) is 2. The lowest BCUT2D eigenvalue weighted by molar-refractivity contribution is -0.391. The Balaban J connectivity index is 2.17. The van der Waals surface area contributed by atoms with E-state index in [4.69, 9.17) is 4.74 Å². The zero-order valence-corrected chi connectivity index (χ0v) is 11.2. The van der Waals surface area contributed by atoms with Crippen molar-refractivity contribution >= 4 is 11.7 Å². The molecule has 1 aromatic heterocycles. The summed E-state index contributed by atoms with van der Waals surface area (Å²) >= 11 is 0. The van der Waals surface area contributed by atoms with Gasteiger partial charge in [-0.2, -0.15) is 0 Å². The first-order valence-corrected chi connectivity index (χ1v) is 6.30. The fraction of sp³-hybridized carbons (Fsp3) is 0.583. The number of nitrogens with zero attached hydrogens (tertiary/aromatic N) is 2. The number of carbonyl (C=O) groups excluding carboxylic acids is 1. The molecule has 0 aliphatic carbocycles. The van der Waals surface area contributed by atoms with Crippen molar-refractivity contribution in [3.8, 4) is 0 Å². The number of hydrogen-bond acceptors (Lipinski definition) is 5. The molecule has 8 nitrogen and oxygen atoms in total. The lowest BCUT2D eigenvalue weighted by Gasteiger charge is -2.36. The number of nitro groups is 1. The fourth-order valence-corrected chi connectivity index (χ4v) is 2.30. The molecule has 0 bridgehead atoms. The van der Waals surface area contributed by atoms with Gasteiger partial charge in [-0.25, -0.2) is 4.57 Å². The van der Waals surface area contributed by atoms with Crippen molar-refractivity contribution in [3.05, 3.63) is 27.9 Å². The van der Waals surface area contributed by atoms with Gasteiger partial charge in [-0.1, -0.05) is 0 Å². The topological polar surface area (TPSA) is 107 Å². The van der Waals surface area contributed by atoms with Crippen molar-refractivity contribution in [2.45, 2.75) is 18.4 Å². The molecule has 110 valence electrons. The number of amides is 1. The second kappa shape index (κ2) is 5.59. The Labute approximate surface area is 115 Å². The van der Waals surface area contributed by atoms with Crippen LogP contribution < -0.4 is 5.32 Å². The summed E-state index contributed by atoms with van der Waals surface area (Å²) in [5.74, 6) is -0.586. The molecule has 0 spiro atoms. The summed E-state index contributed by atoms with van der Waals surface area (Å²) in [4.78, 5) is 22.4. The van der Waals surface area contributed by atoms with Gasteiger partial charge < -0.3 is 25.3 Å². The SMILES string of the molecule is Cn1c(C(=O)NC2(CO)CCOCC2)ccc1[N+](=O)[O-]. The van der Waals surface area contributed by atoms with Crippen LogP contribution in [0.25, 0.3) is 0 Å². The molecule has 2 N–H and O–H groups in total. The third-order valence-corrected chi connectivity index (χ3v) is 3.65. The van der Waals surface area contributed by atoms with Gasteiger partial charge in [0.15, 0.2) is 5.69 Å². The van der Waals surface area contributed by atoms with Gasteiger partial charge in [-0.15, -0.1) is 0 Å². The number of aliphatic hydroxyl groups excluding tert-OH is 1. The van der Waals surface area contributed by atoms with Crippen LogP contribution in [-0.2, 0) is 11.8 Å². The van der Waals surface area contributed by atoms with Gasteiger partial charge >= 0.3 is 5.82 Å². The van der Waals surface area contributed by atoms with Crippen molar-refractivity contribution in [2.24, 2.45) is 7.05 Å². The van der Waals surface area contributed by atoms with Crippen LogP contribution >= 0.6 is 0 Å². The van der Waals surface area contributed by atoms with Crippen LogP contribution in [0.15, 0.2) is 12.1 Å². The first-order valence-electron chi connectivity index (χ1n) is 6.30. The summed E-state index contributed by atoms with van der Waals surface area (Å²) in [7, 11) is 1.46. The minimum absolute atomic E-state index is 0.153. The summed E-state index contributed by atoms with van der Waals surface area (Å²) in [5.41, 5.74) is -0.523. The maximum atomic E-state index is 12.2. The van der Waals surface area contributed by atoms with Gasteiger partial charge in [0.05, 0.1) is 19.2 Å². The maximum Gasteiger partial charge on any atom is 0.323 e. The average molecular weight is 283 g/mol. The number of aromatic nitrogens is 1. The lowest BCUT2D eigenvalue weighted by atomic mass is 9.91. The van der Waals surface area contributed by atoms with Crippen LogP contribution in [-0.4, -0.2) is 45.9 Å². The molecule has 0 unspecified atom stereocenters. The normalized spacial score (nSPS) is 17.7. The molecule has 20 heavy (non-hydrogen) atoms. The van der Waals surface area contributed by atoms with Crippen LogP contribution in [0.5, 0.6) is 0 Å². The van der Waals surface area contributed by atoms with Gasteiger partial charge in [0.2, 0.25) is 0 Å². The molecular weight excluding hydrogens is 266 g/mol. The van der Waals surface area contributed by atoms with E-state index in [1.165, 1.54) is 23.7 Å². The highest BCUT2D eigenvalue weighted by Crippen LogP contribution is 2.22. The standard InChI is InChI=1S/C12H17N3O5/c1-14-9(2-3-10(14)15(18)19)11(17)13-12(8-16)4-6-20-7-5-12/h2-3,16H,4-8H2,1H3,(H,13,17). The van der Waals surface area contributed by atoms with Crippen molar-refractivity contribution in [2.75, 3.05) is 19.8 Å². The first-order chi connectivity index (χ1) is 9.49. The van der Waals surface area contributed by atoms with Crippen LogP contribution in [0, 0.1) is 10.1 Å². The number of ether oxygens (including phenoxy) is 1. The highest BCUT2D eigenvalue weighted by Gasteiger charge is 2.35. The molecule has 2 heterocycles. The van der Waals surface area contributed by atoms with E-state index < -0.39 is 16.4 Å². The monoisotopic (exact) mass is 283 g/mol. The van der Waals surface area contributed by atoms with Gasteiger partial charge in [-0.3, -0.25) is 4.79 Å². The van der Waals surface area contributed by atoms with Gasteiger partial charge in [0.1, 0.15) is 0 Å². The van der Waals surface area contributed by atoms with E-state index >= 15 is 0 Å². The van der Waals surface area contributed by atoms with E-state index in [2.05, 4.69) is 5.32 Å². The summed E-state index contributed by atoms with van der Waals surface area (Å²) in [6, 6.07) is 2.68. The van der Waals surface area contributed by atoms with E-state index in [1.807, 2.05) is 0 Å². The molecule has 1 saturated heterocycles. The van der Waals surface area contributed by atoms with Crippen LogP contribution in [0.3, 0.4) is 0 Å². The maximum absolute atomic E-state index is 12.2. The third-order valence-electron chi connectivity index (χ3n) is 3.65. The molecule has 0 saturated carbocycles. The fourth-order valence-electron chi connectivity index (χ4n) is 2.30. The molecule has 0 radical (unpaired) electrons. The quantitative estimate of drug-likeness (QED) is 0.606. The highest BCUT2D eigenvalue weighted by molar-refractivity contribution is 5.93. The van der Waals surface area contributed by atoms with Crippen molar-refractivity contribution < 1.29 is 19.6 Å². The van der Waals surface area contributed by atoms with Crippen molar-refractivity contribution in [3.63, 3.8) is 0 Å². The largest absolute Gasteiger partial charge is 0.394 e. The number of nitrogens with one attached hydrogen (secondary N) is 1. The van der Waals surface area contributed by atoms with Gasteiger partial charge in [0, 0.05) is 19.3 Å². The molecule has 1 fully saturated rings. The van der Waals surface area contributed by atoms with E-state index in [0.717, 1.165) is 0 Å². The number of carbonyl (C=O) groups is 1. The minimum Gasteiger partial charge on any atom is -0.394 e. The number of rotatable bonds is 4. The van der Waals surface area contributed by atoms with E-state index in [-0.39, 0.29) is 18.1 Å². The zero-order chi connectivity index (χ0) is 14.8. The molecule has 1 aliphatic heterocycles. The molecule has 1 amide bonds. The Morgan fingerprint density at radius 3 is 2.70 bits per heavy atom. The smallest absolute Gasteiger partial charge is 0.323 e. The highest BCUT2D eigenvalue weighted by atomic mass is 16.6. The Hall–Kier alpha value is -1.93. The summed E-state index contributed by atoms with van der Waals surface area (Å²) in [6.45, 7) is 0.747. The Bertz CT molecular complexity index is 519. The summed E-state index contributed by atoms with van der Waals surface area (Å²) < 4.78 is 6.44. The molecule has 2 rings (SSSR count).